The van der Waals surface area contributed by atoms with Gasteiger partial charge in [0.05, 0.1) is 0 Å². The van der Waals surface area contributed by atoms with E-state index in [2.05, 4.69) is 0 Å². The molecule has 0 radical (unpaired) electrons. The van der Waals surface area contributed by atoms with Crippen molar-refractivity contribution in [1.82, 2.24) is 4.90 Å². The van der Waals surface area contributed by atoms with Crippen LogP contribution in [0.5, 0.6) is 0 Å². The predicted molar refractivity (Wildman–Crippen MR) is 62.4 cm³/mol. The van der Waals surface area contributed by atoms with E-state index in [-0.39, 0.29) is 0 Å². The number of fused-ring (bicyclic) bond motifs is 1. The van der Waals surface area contributed by atoms with Crippen LogP contribution < -0.4 is 5.73 Å². The number of nitrogens with zero attached hydrogens (tertiary/aromatic N) is 1. The van der Waals surface area contributed by atoms with Gasteiger partial charge in [-0.05, 0) is 42.0 Å². The molecule has 2 N–H and O–H groups in total. The van der Waals surface area contributed by atoms with Crippen LogP contribution in [0.3, 0.4) is 0 Å². The lowest BCUT2D eigenvalue weighted by molar-refractivity contribution is -0.132. The summed E-state index contributed by atoms with van der Waals surface area (Å²) in [7, 11) is 0. The highest BCUT2D eigenvalue weighted by atomic mass is 16.2. The smallest absolute Gasteiger partial charge is 0.223 e. The quantitative estimate of drug-likeness (QED) is 0.768. The van der Waals surface area contributed by atoms with Gasteiger partial charge >= 0.3 is 0 Å². The highest BCUT2D eigenvalue weighted by molar-refractivity contribution is 5.77. The molecule has 1 aliphatic carbocycles. The van der Waals surface area contributed by atoms with Gasteiger partial charge in [-0.15, -0.1) is 0 Å². The molecule has 1 aliphatic heterocycles. The van der Waals surface area contributed by atoms with E-state index in [0.717, 1.165) is 25.2 Å². The van der Waals surface area contributed by atoms with Gasteiger partial charge in [0.25, 0.3) is 0 Å². The monoisotopic (exact) mass is 216 g/mol. The normalized spacial score (nSPS) is 18.6. The van der Waals surface area contributed by atoms with Crippen LogP contribution in [0.1, 0.15) is 30.4 Å². The first-order valence-corrected chi connectivity index (χ1v) is 5.87. The predicted octanol–water partition coefficient (Wildman–Crippen LogP) is 1.91. The molecule has 2 aliphatic rings. The van der Waals surface area contributed by atoms with E-state index in [1.54, 1.807) is 0 Å². The molecule has 16 heavy (non-hydrogen) atoms. The first kappa shape index (κ1) is 9.70. The number of hydrogen-bond acceptors (Lipinski definition) is 2. The van der Waals surface area contributed by atoms with Crippen molar-refractivity contribution in [2.24, 2.45) is 5.92 Å². The summed E-state index contributed by atoms with van der Waals surface area (Å²) in [5, 5.41) is 0. The van der Waals surface area contributed by atoms with Crippen molar-refractivity contribution in [2.75, 3.05) is 5.73 Å². The van der Waals surface area contributed by atoms with E-state index in [4.69, 9.17) is 5.73 Å². The van der Waals surface area contributed by atoms with Gasteiger partial charge in [-0.1, -0.05) is 6.07 Å². The summed E-state index contributed by atoms with van der Waals surface area (Å²) in [5.74, 6) is 0.971. The molecule has 0 aromatic heterocycles. The molecule has 1 heterocycles. The van der Waals surface area contributed by atoms with Crippen LogP contribution in [-0.2, 0) is 17.9 Å². The third-order valence-corrected chi connectivity index (χ3v) is 3.47. The van der Waals surface area contributed by atoms with Crippen LogP contribution in [-0.4, -0.2) is 10.8 Å². The van der Waals surface area contributed by atoms with Crippen LogP contribution in [0.25, 0.3) is 0 Å². The minimum absolute atomic E-state index is 0.303. The van der Waals surface area contributed by atoms with Crippen LogP contribution in [0.4, 0.5) is 5.69 Å². The van der Waals surface area contributed by atoms with Gasteiger partial charge < -0.3 is 10.6 Å². The van der Waals surface area contributed by atoms with Crippen molar-refractivity contribution < 1.29 is 4.79 Å². The van der Waals surface area contributed by atoms with Crippen LogP contribution in [0, 0.1) is 5.92 Å². The number of nitrogens with two attached hydrogens (primary N) is 1. The van der Waals surface area contributed by atoms with E-state index in [1.165, 1.54) is 24.0 Å². The Balaban J connectivity index is 1.71. The minimum atomic E-state index is 0.303. The maximum absolute atomic E-state index is 11.9. The van der Waals surface area contributed by atoms with E-state index in [9.17, 15) is 4.79 Å². The van der Waals surface area contributed by atoms with Crippen LogP contribution in [0.15, 0.2) is 18.2 Å². The Morgan fingerprint density at radius 3 is 2.81 bits per heavy atom. The fraction of sp³-hybridized carbons (Fsp3) is 0.462. The zero-order valence-corrected chi connectivity index (χ0v) is 9.28. The van der Waals surface area contributed by atoms with Gasteiger partial charge in [0.2, 0.25) is 5.91 Å². The number of benzene rings is 1. The average molecular weight is 216 g/mol. The van der Waals surface area contributed by atoms with E-state index < -0.39 is 0 Å². The maximum Gasteiger partial charge on any atom is 0.223 e. The second-order valence-corrected chi connectivity index (χ2v) is 4.93. The summed E-state index contributed by atoms with van der Waals surface area (Å²) in [6.45, 7) is 1.51. The van der Waals surface area contributed by atoms with Gasteiger partial charge in [-0.25, -0.2) is 0 Å². The highest BCUT2D eigenvalue weighted by Crippen LogP contribution is 2.34. The molecule has 1 fully saturated rings. The SMILES string of the molecule is Nc1ccc2c(c1)CN(C(=O)CC1CC1)C2. The summed E-state index contributed by atoms with van der Waals surface area (Å²) in [4.78, 5) is 13.9. The van der Waals surface area contributed by atoms with Crippen LogP contribution >= 0.6 is 0 Å². The summed E-state index contributed by atoms with van der Waals surface area (Å²) >= 11 is 0. The Labute approximate surface area is 95.2 Å². The largest absolute Gasteiger partial charge is 0.399 e. The van der Waals surface area contributed by atoms with E-state index >= 15 is 0 Å². The van der Waals surface area contributed by atoms with Crippen molar-refractivity contribution in [2.45, 2.75) is 32.4 Å². The van der Waals surface area contributed by atoms with Gasteiger partial charge in [0.1, 0.15) is 0 Å². The fourth-order valence-corrected chi connectivity index (χ4v) is 2.29. The maximum atomic E-state index is 11.9. The topological polar surface area (TPSA) is 46.3 Å². The molecule has 3 rings (SSSR count). The Morgan fingerprint density at radius 2 is 2.06 bits per heavy atom. The molecule has 1 amide bonds. The molecule has 1 saturated carbocycles. The van der Waals surface area contributed by atoms with Crippen molar-refractivity contribution in [3.05, 3.63) is 29.3 Å². The third-order valence-electron chi connectivity index (χ3n) is 3.47. The molecule has 84 valence electrons. The zero-order chi connectivity index (χ0) is 11.1. The number of amides is 1. The molecule has 1 aromatic carbocycles. The molecule has 3 heteroatoms. The Hall–Kier alpha value is -1.51. The minimum Gasteiger partial charge on any atom is -0.399 e. The number of anilines is 1. The first-order valence-electron chi connectivity index (χ1n) is 5.87. The molecule has 1 aromatic rings. The second kappa shape index (κ2) is 3.51. The average Bonchev–Trinajstić information content (AvgIpc) is 2.95. The van der Waals surface area contributed by atoms with E-state index in [1.807, 2.05) is 23.1 Å². The van der Waals surface area contributed by atoms with Gasteiger partial charge in [0, 0.05) is 25.2 Å². The van der Waals surface area contributed by atoms with Gasteiger partial charge in [0.15, 0.2) is 0 Å². The standard InChI is InChI=1S/C13H16N2O/c14-12-4-3-10-7-15(8-11(10)6-12)13(16)5-9-1-2-9/h3-4,6,9H,1-2,5,7-8,14H2. The number of hydrogen-bond donors (Lipinski definition) is 1. The number of nitrogen functional groups attached to an aromatic ring is 1. The zero-order valence-electron chi connectivity index (χ0n) is 9.28. The number of carbonyl (C=O) groups is 1. The van der Waals surface area contributed by atoms with Crippen molar-refractivity contribution >= 4 is 11.6 Å². The molecular weight excluding hydrogens is 200 g/mol. The molecule has 0 atom stereocenters. The molecule has 0 unspecified atom stereocenters. The number of rotatable bonds is 2. The molecule has 0 saturated heterocycles. The summed E-state index contributed by atoms with van der Waals surface area (Å²) in [6, 6.07) is 5.93. The fourth-order valence-electron chi connectivity index (χ4n) is 2.29. The molecule has 3 nitrogen and oxygen atoms in total. The molecule has 0 spiro atoms. The van der Waals surface area contributed by atoms with E-state index in [0.29, 0.717) is 11.8 Å². The highest BCUT2D eigenvalue weighted by Gasteiger charge is 2.29. The molecule has 0 bridgehead atoms. The Kier molecular flexibility index (Phi) is 2.13. The van der Waals surface area contributed by atoms with Crippen LogP contribution in [0.2, 0.25) is 0 Å². The van der Waals surface area contributed by atoms with Gasteiger partial charge in [-0.2, -0.15) is 0 Å². The summed E-state index contributed by atoms with van der Waals surface area (Å²) < 4.78 is 0. The third kappa shape index (κ3) is 1.77. The first-order chi connectivity index (χ1) is 7.72. The van der Waals surface area contributed by atoms with Crippen molar-refractivity contribution in [1.29, 1.82) is 0 Å². The summed E-state index contributed by atoms with van der Waals surface area (Å²) in [6.07, 6.45) is 3.21. The lowest BCUT2D eigenvalue weighted by Crippen LogP contribution is -2.25. The van der Waals surface area contributed by atoms with Crippen molar-refractivity contribution in [3.8, 4) is 0 Å². The lowest BCUT2D eigenvalue weighted by Gasteiger charge is -2.14. The Bertz CT molecular complexity index is 438. The second-order valence-electron chi connectivity index (χ2n) is 4.93. The lowest BCUT2D eigenvalue weighted by atomic mass is 10.1. The number of carbonyl (C=O) groups excluding carboxylic acids is 1. The summed E-state index contributed by atoms with van der Waals surface area (Å²) in [5.41, 5.74) is 8.99. The Morgan fingerprint density at radius 1 is 1.31 bits per heavy atom. The van der Waals surface area contributed by atoms with Gasteiger partial charge in [-0.3, -0.25) is 4.79 Å². The molecular formula is C13H16N2O. The van der Waals surface area contributed by atoms with Crippen molar-refractivity contribution in [3.63, 3.8) is 0 Å².